The van der Waals surface area contributed by atoms with Gasteiger partial charge in [-0.2, -0.15) is 0 Å². The number of nitrogens with one attached hydrogen (secondary N) is 1. The van der Waals surface area contributed by atoms with Crippen molar-refractivity contribution in [2.45, 2.75) is 39.8 Å². The highest BCUT2D eigenvalue weighted by molar-refractivity contribution is 5.77. The SMILES string of the molecule is CNC(CN(C)C(C)C(C)(C)C)c1cc2ccccc2o1. The van der Waals surface area contributed by atoms with Crippen LogP contribution in [0.2, 0.25) is 0 Å². The molecule has 0 radical (unpaired) electrons. The minimum absolute atomic E-state index is 0.201. The largest absolute Gasteiger partial charge is 0.459 e. The molecule has 3 heteroatoms. The second-order valence-electron chi connectivity index (χ2n) is 7.01. The summed E-state index contributed by atoms with van der Waals surface area (Å²) in [6, 6.07) is 11.0. The number of hydrogen-bond donors (Lipinski definition) is 1. The standard InChI is InChI=1S/C18H28N2O/c1-13(18(2,3)4)20(6)12-15(19-5)17-11-14-9-7-8-10-16(14)21-17/h7-11,13,15,19H,12H2,1-6H3. The zero-order chi connectivity index (χ0) is 15.6. The fraction of sp³-hybridized carbons (Fsp3) is 0.556. The molecule has 1 aromatic heterocycles. The van der Waals surface area contributed by atoms with E-state index in [1.165, 1.54) is 5.39 Å². The van der Waals surface area contributed by atoms with Crippen molar-refractivity contribution >= 4 is 11.0 Å². The summed E-state index contributed by atoms with van der Waals surface area (Å²) in [5.74, 6) is 1.01. The molecule has 0 fully saturated rings. The van der Waals surface area contributed by atoms with Crippen molar-refractivity contribution in [1.29, 1.82) is 0 Å². The summed E-state index contributed by atoms with van der Waals surface area (Å²) < 4.78 is 6.00. The van der Waals surface area contributed by atoms with Gasteiger partial charge < -0.3 is 14.6 Å². The summed E-state index contributed by atoms with van der Waals surface area (Å²) in [5.41, 5.74) is 1.22. The average Bonchev–Trinajstić information content (AvgIpc) is 2.86. The summed E-state index contributed by atoms with van der Waals surface area (Å²) >= 11 is 0. The fourth-order valence-electron chi connectivity index (χ4n) is 2.60. The van der Waals surface area contributed by atoms with Crippen LogP contribution in [0.4, 0.5) is 0 Å². The average molecular weight is 288 g/mol. The first-order valence-corrected chi connectivity index (χ1v) is 7.69. The van der Waals surface area contributed by atoms with Crippen molar-refractivity contribution < 1.29 is 4.42 Å². The Balaban J connectivity index is 2.16. The normalized spacial score (nSPS) is 15.6. The van der Waals surface area contributed by atoms with Crippen molar-refractivity contribution in [3.05, 3.63) is 36.1 Å². The first-order chi connectivity index (χ1) is 9.82. The first kappa shape index (κ1) is 16.1. The van der Waals surface area contributed by atoms with Crippen molar-refractivity contribution in [3.63, 3.8) is 0 Å². The van der Waals surface area contributed by atoms with Gasteiger partial charge in [-0.15, -0.1) is 0 Å². The third-order valence-corrected chi connectivity index (χ3v) is 4.52. The van der Waals surface area contributed by atoms with Gasteiger partial charge in [-0.1, -0.05) is 39.0 Å². The van der Waals surface area contributed by atoms with Crippen molar-refractivity contribution in [2.75, 3.05) is 20.6 Å². The number of furan rings is 1. The van der Waals surface area contributed by atoms with Crippen molar-refractivity contribution in [1.82, 2.24) is 10.2 Å². The molecule has 0 amide bonds. The second kappa shape index (κ2) is 6.20. The fourth-order valence-corrected chi connectivity index (χ4v) is 2.60. The smallest absolute Gasteiger partial charge is 0.134 e. The summed E-state index contributed by atoms with van der Waals surface area (Å²) in [5, 5.41) is 4.55. The van der Waals surface area contributed by atoms with Gasteiger partial charge in [-0.05, 0) is 38.6 Å². The monoisotopic (exact) mass is 288 g/mol. The molecule has 2 atom stereocenters. The molecule has 0 aliphatic rings. The molecule has 0 bridgehead atoms. The van der Waals surface area contributed by atoms with E-state index in [9.17, 15) is 0 Å². The Kier molecular flexibility index (Phi) is 4.74. The van der Waals surface area contributed by atoms with Crippen LogP contribution in [0.15, 0.2) is 34.7 Å². The van der Waals surface area contributed by atoms with E-state index in [1.54, 1.807) is 0 Å². The summed E-state index contributed by atoms with van der Waals surface area (Å²) in [7, 11) is 4.18. The maximum atomic E-state index is 6.00. The van der Waals surface area contributed by atoms with Gasteiger partial charge in [0.25, 0.3) is 0 Å². The van der Waals surface area contributed by atoms with E-state index in [-0.39, 0.29) is 11.5 Å². The number of fused-ring (bicyclic) bond motifs is 1. The number of benzene rings is 1. The molecule has 1 aromatic carbocycles. The van der Waals surface area contributed by atoms with Crippen LogP contribution >= 0.6 is 0 Å². The minimum atomic E-state index is 0.201. The molecule has 0 saturated carbocycles. The Hall–Kier alpha value is -1.32. The Labute approximate surface area is 128 Å². The molecule has 0 aliphatic heterocycles. The lowest BCUT2D eigenvalue weighted by atomic mass is 9.87. The zero-order valence-corrected chi connectivity index (χ0v) is 14.1. The van der Waals surface area contributed by atoms with E-state index in [0.717, 1.165) is 17.9 Å². The van der Waals surface area contributed by atoms with Gasteiger partial charge in [0.15, 0.2) is 0 Å². The molecule has 0 saturated heterocycles. The van der Waals surface area contributed by atoms with Crippen molar-refractivity contribution in [3.8, 4) is 0 Å². The molecule has 116 valence electrons. The van der Waals surface area contributed by atoms with Crippen molar-refractivity contribution in [2.24, 2.45) is 5.41 Å². The molecule has 3 nitrogen and oxygen atoms in total. The minimum Gasteiger partial charge on any atom is -0.459 e. The number of hydrogen-bond acceptors (Lipinski definition) is 3. The van der Waals surface area contributed by atoms with Crippen LogP contribution in [0.25, 0.3) is 11.0 Å². The number of rotatable bonds is 5. The molecular weight excluding hydrogens is 260 g/mol. The molecule has 2 aromatic rings. The highest BCUT2D eigenvalue weighted by Gasteiger charge is 2.26. The van der Waals surface area contributed by atoms with Gasteiger partial charge in [0.1, 0.15) is 11.3 Å². The molecule has 0 spiro atoms. The van der Waals surface area contributed by atoms with E-state index in [4.69, 9.17) is 4.42 Å². The van der Waals surface area contributed by atoms with Crippen LogP contribution < -0.4 is 5.32 Å². The van der Waals surface area contributed by atoms with E-state index in [0.29, 0.717) is 6.04 Å². The maximum Gasteiger partial charge on any atom is 0.134 e. The molecule has 1 N–H and O–H groups in total. The Bertz CT molecular complexity index is 549. The topological polar surface area (TPSA) is 28.4 Å². The van der Waals surface area contributed by atoms with E-state index >= 15 is 0 Å². The highest BCUT2D eigenvalue weighted by Crippen LogP contribution is 2.27. The predicted octanol–water partition coefficient (Wildman–Crippen LogP) is 4.06. The lowest BCUT2D eigenvalue weighted by molar-refractivity contribution is 0.127. The van der Waals surface area contributed by atoms with Gasteiger partial charge in [-0.25, -0.2) is 0 Å². The lowest BCUT2D eigenvalue weighted by Crippen LogP contribution is -2.43. The maximum absolute atomic E-state index is 6.00. The number of likely N-dealkylation sites (N-methyl/N-ethyl adjacent to an activating group) is 2. The van der Waals surface area contributed by atoms with Crippen LogP contribution in [0.3, 0.4) is 0 Å². The number of nitrogens with zero attached hydrogens (tertiary/aromatic N) is 1. The molecule has 2 rings (SSSR count). The van der Waals surface area contributed by atoms with Gasteiger partial charge in [-0.3, -0.25) is 0 Å². The predicted molar refractivity (Wildman–Crippen MR) is 89.6 cm³/mol. The van der Waals surface area contributed by atoms with Gasteiger partial charge >= 0.3 is 0 Å². The van der Waals surface area contributed by atoms with E-state index in [2.05, 4.69) is 57.1 Å². The van der Waals surface area contributed by atoms with Crippen LogP contribution in [0.5, 0.6) is 0 Å². The quantitative estimate of drug-likeness (QED) is 0.899. The molecule has 2 unspecified atom stereocenters. The first-order valence-electron chi connectivity index (χ1n) is 7.69. The third-order valence-electron chi connectivity index (χ3n) is 4.52. The van der Waals surface area contributed by atoms with E-state index < -0.39 is 0 Å². The summed E-state index contributed by atoms with van der Waals surface area (Å²) in [6.45, 7) is 10.1. The van der Waals surface area contributed by atoms with Crippen LogP contribution in [-0.4, -0.2) is 31.6 Å². The second-order valence-corrected chi connectivity index (χ2v) is 7.01. The van der Waals surface area contributed by atoms with E-state index in [1.807, 2.05) is 25.2 Å². The molecular formula is C18H28N2O. The van der Waals surface area contributed by atoms with Gasteiger partial charge in [0.2, 0.25) is 0 Å². The zero-order valence-electron chi connectivity index (χ0n) is 14.1. The molecule has 1 heterocycles. The van der Waals surface area contributed by atoms with Crippen LogP contribution in [0, 0.1) is 5.41 Å². The van der Waals surface area contributed by atoms with Crippen LogP contribution in [-0.2, 0) is 0 Å². The van der Waals surface area contributed by atoms with Gasteiger partial charge in [0, 0.05) is 18.0 Å². The Morgan fingerprint density at radius 1 is 1.24 bits per heavy atom. The number of para-hydroxylation sites is 1. The van der Waals surface area contributed by atoms with Crippen LogP contribution in [0.1, 0.15) is 39.5 Å². The van der Waals surface area contributed by atoms with Gasteiger partial charge in [0.05, 0.1) is 6.04 Å². The summed E-state index contributed by atoms with van der Waals surface area (Å²) in [4.78, 5) is 2.40. The Morgan fingerprint density at radius 2 is 1.90 bits per heavy atom. The third kappa shape index (κ3) is 3.66. The highest BCUT2D eigenvalue weighted by atomic mass is 16.3. The lowest BCUT2D eigenvalue weighted by Gasteiger charge is -2.36. The Morgan fingerprint density at radius 3 is 2.48 bits per heavy atom. The molecule has 0 aliphatic carbocycles. The summed E-state index contributed by atoms with van der Waals surface area (Å²) in [6.07, 6.45) is 0. The molecule has 21 heavy (non-hydrogen) atoms.